The van der Waals surface area contributed by atoms with Crippen molar-refractivity contribution in [2.45, 2.75) is 51.7 Å². The van der Waals surface area contributed by atoms with Crippen molar-refractivity contribution in [2.24, 2.45) is 0 Å². The molecule has 3 aromatic rings. The lowest BCUT2D eigenvalue weighted by Crippen LogP contribution is -2.15. The molecule has 0 bridgehead atoms. The molecule has 4 N–H and O–H groups in total. The van der Waals surface area contributed by atoms with Gasteiger partial charge in [-0.05, 0) is 37.0 Å². The van der Waals surface area contributed by atoms with Crippen LogP contribution in [-0.2, 0) is 13.1 Å². The Morgan fingerprint density at radius 2 is 2.14 bits per heavy atom. The maximum absolute atomic E-state index is 5.89. The van der Waals surface area contributed by atoms with Gasteiger partial charge in [-0.15, -0.1) is 0 Å². The second-order valence-corrected chi connectivity index (χ2v) is 7.55. The first-order valence-corrected chi connectivity index (χ1v) is 10.3. The van der Waals surface area contributed by atoms with E-state index in [0.717, 1.165) is 54.1 Å². The van der Waals surface area contributed by atoms with Crippen LogP contribution in [0.2, 0.25) is 0 Å². The van der Waals surface area contributed by atoms with Crippen molar-refractivity contribution in [3.05, 3.63) is 35.5 Å². The van der Waals surface area contributed by atoms with Gasteiger partial charge < -0.3 is 21.1 Å². The predicted molar refractivity (Wildman–Crippen MR) is 115 cm³/mol. The Morgan fingerprint density at radius 1 is 1.28 bits per heavy atom. The molecule has 8 nitrogen and oxygen atoms in total. The molecular weight excluding hydrogens is 366 g/mol. The Hall–Kier alpha value is -2.87. The van der Waals surface area contributed by atoms with Crippen LogP contribution in [0, 0.1) is 0 Å². The van der Waals surface area contributed by atoms with E-state index in [9.17, 15) is 0 Å². The van der Waals surface area contributed by atoms with E-state index in [1.807, 2.05) is 10.7 Å². The largest absolute Gasteiger partial charge is 0.496 e. The molecule has 0 atom stereocenters. The van der Waals surface area contributed by atoms with E-state index < -0.39 is 0 Å². The van der Waals surface area contributed by atoms with Crippen LogP contribution in [0.15, 0.2) is 24.4 Å². The number of nitrogens with two attached hydrogens (primary N) is 1. The summed E-state index contributed by atoms with van der Waals surface area (Å²) in [6.45, 7) is 4.43. The minimum Gasteiger partial charge on any atom is -0.496 e. The topological polar surface area (TPSA) is 103 Å². The van der Waals surface area contributed by atoms with Crippen molar-refractivity contribution < 1.29 is 4.74 Å². The number of rotatable bonds is 10. The second-order valence-electron chi connectivity index (χ2n) is 7.55. The van der Waals surface area contributed by atoms with Gasteiger partial charge >= 0.3 is 0 Å². The highest BCUT2D eigenvalue weighted by Crippen LogP contribution is 2.26. The summed E-state index contributed by atoms with van der Waals surface area (Å²) in [5.41, 5.74) is 9.81. The zero-order valence-corrected chi connectivity index (χ0v) is 17.1. The van der Waals surface area contributed by atoms with E-state index in [0.29, 0.717) is 12.6 Å². The fourth-order valence-corrected chi connectivity index (χ4v) is 3.42. The van der Waals surface area contributed by atoms with Gasteiger partial charge in [0.25, 0.3) is 0 Å². The number of ether oxygens (including phenoxy) is 1. The van der Waals surface area contributed by atoms with Gasteiger partial charge in [0.15, 0.2) is 5.82 Å². The fraction of sp³-hybridized carbons (Fsp3) is 0.476. The first kappa shape index (κ1) is 19.4. The number of aromatic nitrogens is 4. The van der Waals surface area contributed by atoms with Crippen molar-refractivity contribution in [1.29, 1.82) is 0 Å². The highest BCUT2D eigenvalue weighted by Gasteiger charge is 2.20. The second kappa shape index (κ2) is 8.65. The molecule has 0 unspecified atom stereocenters. The zero-order valence-electron chi connectivity index (χ0n) is 17.1. The molecule has 0 saturated heterocycles. The van der Waals surface area contributed by atoms with E-state index >= 15 is 0 Å². The summed E-state index contributed by atoms with van der Waals surface area (Å²) in [5, 5.41) is 11.5. The molecule has 0 amide bonds. The summed E-state index contributed by atoms with van der Waals surface area (Å²) in [6.07, 6.45) is 6.46. The van der Waals surface area contributed by atoms with Crippen LogP contribution in [-0.4, -0.2) is 39.4 Å². The number of anilines is 2. The molecule has 1 aromatic carbocycles. The summed E-state index contributed by atoms with van der Waals surface area (Å²) in [6, 6.07) is 7.00. The molecule has 8 heteroatoms. The summed E-state index contributed by atoms with van der Waals surface area (Å²) >= 11 is 0. The monoisotopic (exact) mass is 395 g/mol. The van der Waals surface area contributed by atoms with Gasteiger partial charge in [0, 0.05) is 24.7 Å². The van der Waals surface area contributed by atoms with Crippen LogP contribution in [0.5, 0.6) is 5.75 Å². The van der Waals surface area contributed by atoms with Crippen LogP contribution < -0.4 is 21.1 Å². The predicted octanol–water partition coefficient (Wildman–Crippen LogP) is 2.93. The Kier molecular flexibility index (Phi) is 5.80. The number of nitrogens with one attached hydrogen (secondary N) is 2. The maximum Gasteiger partial charge on any atom is 0.222 e. The Morgan fingerprint density at radius 3 is 2.90 bits per heavy atom. The molecule has 0 spiro atoms. The third-order valence-corrected chi connectivity index (χ3v) is 5.17. The molecule has 1 aliphatic rings. The number of hydrogen-bond acceptors (Lipinski definition) is 7. The Bertz CT molecular complexity index is 981. The molecule has 1 fully saturated rings. The lowest BCUT2D eigenvalue weighted by molar-refractivity contribution is 0.407. The Labute approximate surface area is 170 Å². The molecular formula is C21H29N7O. The first-order valence-electron chi connectivity index (χ1n) is 10.3. The quantitative estimate of drug-likeness (QED) is 0.454. The zero-order chi connectivity index (χ0) is 20.2. The molecule has 0 radical (unpaired) electrons. The van der Waals surface area contributed by atoms with Crippen molar-refractivity contribution in [3.63, 3.8) is 0 Å². The highest BCUT2D eigenvalue weighted by molar-refractivity contribution is 5.86. The first-order chi connectivity index (χ1) is 14.2. The number of fused-ring (bicyclic) bond motifs is 1. The number of nitrogens with zero attached hydrogens (tertiary/aromatic N) is 4. The van der Waals surface area contributed by atoms with Crippen molar-refractivity contribution in [2.75, 3.05) is 24.7 Å². The lowest BCUT2D eigenvalue weighted by atomic mass is 10.1. The molecule has 154 valence electrons. The lowest BCUT2D eigenvalue weighted by Gasteiger charge is -2.13. The highest BCUT2D eigenvalue weighted by atomic mass is 16.5. The van der Waals surface area contributed by atoms with E-state index in [-0.39, 0.29) is 5.95 Å². The van der Waals surface area contributed by atoms with E-state index in [1.165, 1.54) is 18.4 Å². The molecule has 1 aliphatic carbocycles. The summed E-state index contributed by atoms with van der Waals surface area (Å²) < 4.78 is 7.52. The van der Waals surface area contributed by atoms with Gasteiger partial charge in [-0.25, -0.2) is 4.98 Å². The normalized spacial score (nSPS) is 13.7. The molecule has 2 aromatic heterocycles. The van der Waals surface area contributed by atoms with E-state index in [2.05, 4.69) is 44.8 Å². The van der Waals surface area contributed by atoms with Crippen LogP contribution in [0.3, 0.4) is 0 Å². The number of unbranched alkanes of at least 4 members (excludes halogenated alkanes) is 1. The third-order valence-electron chi connectivity index (χ3n) is 5.17. The standard InChI is InChI=1S/C21H29N7O/c1-3-4-9-23-20-19-17(26-21(22)27-20)12-25-28(19)13-15-10-14(5-8-18(15)29-2)11-24-16-6-7-16/h5,8,10,12,16,24H,3-4,6-7,9,11,13H2,1-2H3,(H3,22,23,26,27). The fourth-order valence-electron chi connectivity index (χ4n) is 3.42. The minimum absolute atomic E-state index is 0.252. The molecule has 0 aliphatic heterocycles. The Balaban J connectivity index is 1.63. The molecule has 1 saturated carbocycles. The van der Waals surface area contributed by atoms with Gasteiger partial charge in [-0.1, -0.05) is 19.4 Å². The van der Waals surface area contributed by atoms with Crippen LogP contribution in [0.4, 0.5) is 11.8 Å². The maximum atomic E-state index is 5.89. The van der Waals surface area contributed by atoms with Crippen molar-refractivity contribution in [1.82, 2.24) is 25.1 Å². The van der Waals surface area contributed by atoms with Gasteiger partial charge in [0.05, 0.1) is 19.9 Å². The summed E-state index contributed by atoms with van der Waals surface area (Å²) in [4.78, 5) is 8.76. The molecule has 29 heavy (non-hydrogen) atoms. The van der Waals surface area contributed by atoms with E-state index in [1.54, 1.807) is 13.3 Å². The minimum atomic E-state index is 0.252. The van der Waals surface area contributed by atoms with Gasteiger partial charge in [-0.3, -0.25) is 4.68 Å². The smallest absolute Gasteiger partial charge is 0.222 e. The number of hydrogen-bond donors (Lipinski definition) is 3. The number of nitrogen functional groups attached to an aromatic ring is 1. The third kappa shape index (κ3) is 4.59. The molecule has 4 rings (SSSR count). The van der Waals surface area contributed by atoms with Crippen molar-refractivity contribution in [3.8, 4) is 5.75 Å². The number of benzene rings is 1. The number of methoxy groups -OCH3 is 1. The summed E-state index contributed by atoms with van der Waals surface area (Å²) in [5.74, 6) is 1.83. The van der Waals surface area contributed by atoms with Gasteiger partial charge in [-0.2, -0.15) is 10.1 Å². The average Bonchev–Trinajstić information content (AvgIpc) is 3.47. The van der Waals surface area contributed by atoms with Crippen LogP contribution >= 0.6 is 0 Å². The molecule has 2 heterocycles. The van der Waals surface area contributed by atoms with Crippen LogP contribution in [0.1, 0.15) is 43.7 Å². The van der Waals surface area contributed by atoms with Gasteiger partial charge in [0.2, 0.25) is 5.95 Å². The van der Waals surface area contributed by atoms with E-state index in [4.69, 9.17) is 10.5 Å². The SMILES string of the molecule is CCCCNc1nc(N)nc2cnn(Cc3cc(CNC4CC4)ccc3OC)c12. The van der Waals surface area contributed by atoms with Gasteiger partial charge in [0.1, 0.15) is 16.8 Å². The van der Waals surface area contributed by atoms with Crippen LogP contribution in [0.25, 0.3) is 11.0 Å². The summed E-state index contributed by atoms with van der Waals surface area (Å²) in [7, 11) is 1.70. The average molecular weight is 396 g/mol. The van der Waals surface area contributed by atoms with Crippen molar-refractivity contribution >= 4 is 22.8 Å².